The highest BCUT2D eigenvalue weighted by molar-refractivity contribution is 7.88. The van der Waals surface area contributed by atoms with E-state index in [1.165, 1.54) is 18.4 Å². The van der Waals surface area contributed by atoms with E-state index < -0.39 is 10.0 Å². The summed E-state index contributed by atoms with van der Waals surface area (Å²) in [6.07, 6.45) is 8.39. The molecule has 180 valence electrons. The van der Waals surface area contributed by atoms with E-state index in [-0.39, 0.29) is 41.6 Å². The Morgan fingerprint density at radius 1 is 1.21 bits per heavy atom. The Morgan fingerprint density at radius 3 is 2.74 bits per heavy atom. The summed E-state index contributed by atoms with van der Waals surface area (Å²) in [4.78, 5) is 17.1. The molecule has 6 atom stereocenters. The highest BCUT2D eigenvalue weighted by Gasteiger charge is 2.54. The first kappa shape index (κ1) is 23.2. The number of ether oxygens (including phenoxy) is 1. The van der Waals surface area contributed by atoms with Crippen LogP contribution in [0.25, 0.3) is 17.2 Å². The standard InChI is InChI=1S/C26H29FN2O4S/c1-16-25-23(9-8-21-7-6-18(14-28-21)17-4-3-5-20(27)12-17)22-10-11-29(34(2,31)32)15-19(22)13-24(25)26(30)33-16/h3-9,12,14,16,19,22-25H,10-11,13,15H2,1-2H3/b9-8+/t16-,19-,22-,23+,24-,25+/m1/s1. The molecule has 1 saturated carbocycles. The lowest BCUT2D eigenvalue weighted by Gasteiger charge is -2.47. The van der Waals surface area contributed by atoms with E-state index in [0.717, 1.165) is 23.2 Å². The molecule has 0 bridgehead atoms. The zero-order valence-electron chi connectivity index (χ0n) is 19.3. The molecule has 2 saturated heterocycles. The molecule has 34 heavy (non-hydrogen) atoms. The van der Waals surface area contributed by atoms with Crippen LogP contribution in [0, 0.1) is 35.4 Å². The molecular formula is C26H29FN2O4S. The average molecular weight is 485 g/mol. The first-order valence-corrected chi connectivity index (χ1v) is 13.6. The summed E-state index contributed by atoms with van der Waals surface area (Å²) in [7, 11) is -3.26. The van der Waals surface area contributed by atoms with Crippen LogP contribution in [0.5, 0.6) is 0 Å². The lowest BCUT2D eigenvalue weighted by molar-refractivity contribution is -0.144. The van der Waals surface area contributed by atoms with Gasteiger partial charge in [0.25, 0.3) is 0 Å². The predicted molar refractivity (Wildman–Crippen MR) is 127 cm³/mol. The number of esters is 1. The monoisotopic (exact) mass is 484 g/mol. The zero-order chi connectivity index (χ0) is 24.0. The first-order chi connectivity index (χ1) is 16.2. The van der Waals surface area contributed by atoms with Crippen molar-refractivity contribution in [2.75, 3.05) is 19.3 Å². The molecule has 3 aliphatic rings. The van der Waals surface area contributed by atoms with Crippen molar-refractivity contribution in [1.82, 2.24) is 9.29 Å². The topological polar surface area (TPSA) is 76.6 Å². The third-order valence-corrected chi connectivity index (χ3v) is 9.03. The van der Waals surface area contributed by atoms with Crippen molar-refractivity contribution in [3.05, 3.63) is 60.2 Å². The van der Waals surface area contributed by atoms with Gasteiger partial charge in [0, 0.05) is 30.8 Å². The molecule has 1 aromatic heterocycles. The molecule has 5 rings (SSSR count). The number of pyridine rings is 1. The maximum atomic E-state index is 13.5. The fourth-order valence-electron chi connectivity index (χ4n) is 6.18. The normalized spacial score (nSPS) is 31.8. The second-order valence-electron chi connectivity index (χ2n) is 9.81. The number of halogens is 1. The Morgan fingerprint density at radius 2 is 2.03 bits per heavy atom. The largest absolute Gasteiger partial charge is 0.462 e. The molecule has 2 aliphatic heterocycles. The number of hydrogen-bond acceptors (Lipinski definition) is 5. The van der Waals surface area contributed by atoms with E-state index in [1.807, 2.05) is 31.2 Å². The molecule has 1 aliphatic carbocycles. The lowest BCUT2D eigenvalue weighted by Crippen LogP contribution is -2.51. The number of fused-ring (bicyclic) bond motifs is 2. The van der Waals surface area contributed by atoms with Gasteiger partial charge >= 0.3 is 5.97 Å². The van der Waals surface area contributed by atoms with Gasteiger partial charge in [-0.15, -0.1) is 0 Å². The number of piperidine rings is 1. The van der Waals surface area contributed by atoms with Crippen LogP contribution in [0.3, 0.4) is 0 Å². The average Bonchev–Trinajstić information content (AvgIpc) is 3.09. The van der Waals surface area contributed by atoms with Crippen LogP contribution in [0.15, 0.2) is 48.7 Å². The number of aromatic nitrogens is 1. The number of cyclic esters (lactones) is 1. The van der Waals surface area contributed by atoms with Crippen LogP contribution >= 0.6 is 0 Å². The van der Waals surface area contributed by atoms with Crippen LogP contribution in [-0.4, -0.2) is 49.1 Å². The quantitative estimate of drug-likeness (QED) is 0.614. The predicted octanol–water partition coefficient (Wildman–Crippen LogP) is 4.00. The molecule has 2 aromatic rings. The van der Waals surface area contributed by atoms with Crippen LogP contribution in [0.2, 0.25) is 0 Å². The van der Waals surface area contributed by atoms with Crippen LogP contribution in [-0.2, 0) is 19.6 Å². The van der Waals surface area contributed by atoms with Crippen molar-refractivity contribution >= 4 is 22.1 Å². The second kappa shape index (κ2) is 8.89. The molecule has 3 fully saturated rings. The number of rotatable bonds is 4. The zero-order valence-corrected chi connectivity index (χ0v) is 20.1. The third kappa shape index (κ3) is 4.41. The fraction of sp³-hybridized carbons (Fsp3) is 0.462. The van der Waals surface area contributed by atoms with Gasteiger partial charge in [0.05, 0.1) is 17.9 Å². The Balaban J connectivity index is 1.40. The minimum Gasteiger partial charge on any atom is -0.462 e. The summed E-state index contributed by atoms with van der Waals surface area (Å²) in [6, 6.07) is 10.2. The van der Waals surface area contributed by atoms with Crippen LogP contribution in [0.1, 0.15) is 25.5 Å². The van der Waals surface area contributed by atoms with Crippen molar-refractivity contribution < 1.29 is 22.3 Å². The smallest absolute Gasteiger partial charge is 0.309 e. The summed E-state index contributed by atoms with van der Waals surface area (Å²) >= 11 is 0. The molecule has 0 unspecified atom stereocenters. The number of carbonyl (C=O) groups excluding carboxylic acids is 1. The van der Waals surface area contributed by atoms with E-state index in [1.54, 1.807) is 16.6 Å². The highest BCUT2D eigenvalue weighted by Crippen LogP contribution is 2.51. The molecule has 8 heteroatoms. The van der Waals surface area contributed by atoms with Gasteiger partial charge in [-0.3, -0.25) is 9.78 Å². The van der Waals surface area contributed by atoms with E-state index in [2.05, 4.69) is 11.1 Å². The maximum absolute atomic E-state index is 13.5. The van der Waals surface area contributed by atoms with E-state index in [0.29, 0.717) is 25.4 Å². The minimum absolute atomic E-state index is 0.0846. The Bertz CT molecular complexity index is 1210. The van der Waals surface area contributed by atoms with Gasteiger partial charge in [0.2, 0.25) is 10.0 Å². The minimum atomic E-state index is -3.26. The van der Waals surface area contributed by atoms with Gasteiger partial charge in [0.15, 0.2) is 0 Å². The SMILES string of the molecule is C[C@H]1OC(=O)[C@@H]2C[C@@H]3CN(S(C)(=O)=O)CC[C@H]3[C@H](/C=C/c3ccc(-c4cccc(F)c4)cn3)[C@H]12. The van der Waals surface area contributed by atoms with E-state index >= 15 is 0 Å². The maximum Gasteiger partial charge on any atom is 0.309 e. The molecule has 6 nitrogen and oxygen atoms in total. The number of hydrogen-bond donors (Lipinski definition) is 0. The summed E-state index contributed by atoms with van der Waals surface area (Å²) in [5.74, 6) is -0.0399. The summed E-state index contributed by atoms with van der Waals surface area (Å²) in [6.45, 7) is 2.92. The van der Waals surface area contributed by atoms with Gasteiger partial charge in [-0.2, -0.15) is 0 Å². The molecule has 0 spiro atoms. The van der Waals surface area contributed by atoms with Crippen molar-refractivity contribution in [2.24, 2.45) is 29.6 Å². The van der Waals surface area contributed by atoms with Gasteiger partial charge in [-0.05, 0) is 67.4 Å². The van der Waals surface area contributed by atoms with Crippen LogP contribution < -0.4 is 0 Å². The van der Waals surface area contributed by atoms with Crippen molar-refractivity contribution in [3.8, 4) is 11.1 Å². The molecule has 0 N–H and O–H groups in total. The van der Waals surface area contributed by atoms with Crippen molar-refractivity contribution in [2.45, 2.75) is 25.9 Å². The molecule has 0 radical (unpaired) electrons. The molecule has 1 aromatic carbocycles. The number of allylic oxidation sites excluding steroid dienone is 1. The molecule has 0 amide bonds. The van der Waals surface area contributed by atoms with Crippen molar-refractivity contribution in [3.63, 3.8) is 0 Å². The van der Waals surface area contributed by atoms with Crippen molar-refractivity contribution in [1.29, 1.82) is 0 Å². The summed E-state index contributed by atoms with van der Waals surface area (Å²) in [5, 5.41) is 0. The van der Waals surface area contributed by atoms with Crippen LogP contribution in [0.4, 0.5) is 4.39 Å². The number of nitrogens with zero attached hydrogens (tertiary/aromatic N) is 2. The Kier molecular flexibility index (Phi) is 6.06. The molecular weight excluding hydrogens is 455 g/mol. The number of benzene rings is 1. The van der Waals surface area contributed by atoms with Gasteiger partial charge in [-0.1, -0.05) is 24.3 Å². The van der Waals surface area contributed by atoms with Gasteiger partial charge in [-0.25, -0.2) is 17.1 Å². The summed E-state index contributed by atoms with van der Waals surface area (Å²) < 4.78 is 45.0. The van der Waals surface area contributed by atoms with Gasteiger partial charge < -0.3 is 4.74 Å². The first-order valence-electron chi connectivity index (χ1n) is 11.8. The number of sulfonamides is 1. The van der Waals surface area contributed by atoms with E-state index in [9.17, 15) is 17.6 Å². The van der Waals surface area contributed by atoms with Gasteiger partial charge in [0.1, 0.15) is 11.9 Å². The molecule has 3 heterocycles. The fourth-order valence-corrected chi connectivity index (χ4v) is 7.08. The third-order valence-electron chi connectivity index (χ3n) is 7.76. The Hall–Kier alpha value is -2.58. The summed E-state index contributed by atoms with van der Waals surface area (Å²) in [5.41, 5.74) is 2.39. The lowest BCUT2D eigenvalue weighted by atomic mass is 9.59. The Labute approximate surface area is 199 Å². The van der Waals surface area contributed by atoms with E-state index in [4.69, 9.17) is 4.74 Å². The second-order valence-corrected chi connectivity index (χ2v) is 11.8. The number of carbonyl (C=O) groups is 1. The highest BCUT2D eigenvalue weighted by atomic mass is 32.2.